The molecule has 0 aromatic heterocycles. The Hall–Kier alpha value is -2.83. The highest BCUT2D eigenvalue weighted by molar-refractivity contribution is 5.94. The van der Waals surface area contributed by atoms with Gasteiger partial charge < -0.3 is 19.7 Å². The second-order valence-corrected chi connectivity index (χ2v) is 7.08. The number of ether oxygens (including phenoxy) is 2. The maximum atomic E-state index is 12.4. The maximum Gasteiger partial charge on any atom is 0.513 e. The Morgan fingerprint density at radius 1 is 1.11 bits per heavy atom. The van der Waals surface area contributed by atoms with Crippen LogP contribution < -0.4 is 10.1 Å². The van der Waals surface area contributed by atoms with Gasteiger partial charge in [0.05, 0.1) is 6.61 Å². The number of amides is 2. The minimum atomic E-state index is -0.770. The third-order valence-corrected chi connectivity index (χ3v) is 4.85. The van der Waals surface area contributed by atoms with Gasteiger partial charge >= 0.3 is 6.16 Å². The van der Waals surface area contributed by atoms with Crippen molar-refractivity contribution in [2.24, 2.45) is 5.92 Å². The SMILES string of the molecule is CCOC(=O)Oc1ccc(C(=O)NC2CCN(C(=O)/C=C/C3CC3)CC2)cc1. The lowest BCUT2D eigenvalue weighted by atomic mass is 10.0. The largest absolute Gasteiger partial charge is 0.513 e. The van der Waals surface area contributed by atoms with Gasteiger partial charge in [-0.15, -0.1) is 0 Å². The van der Waals surface area contributed by atoms with Crippen LogP contribution in [0.2, 0.25) is 0 Å². The van der Waals surface area contributed by atoms with Crippen LogP contribution in [0.1, 0.15) is 43.0 Å². The number of allylic oxidation sites excluding steroid dienone is 1. The van der Waals surface area contributed by atoms with Crippen LogP contribution in [0, 0.1) is 5.92 Å². The summed E-state index contributed by atoms with van der Waals surface area (Å²) >= 11 is 0. The fourth-order valence-corrected chi connectivity index (χ4v) is 3.04. The first-order chi connectivity index (χ1) is 13.5. The van der Waals surface area contributed by atoms with Gasteiger partial charge in [0, 0.05) is 24.7 Å². The molecular weight excluding hydrogens is 360 g/mol. The Labute approximate surface area is 164 Å². The van der Waals surface area contributed by atoms with E-state index in [0.717, 1.165) is 12.8 Å². The van der Waals surface area contributed by atoms with Crippen LogP contribution in [0.15, 0.2) is 36.4 Å². The molecule has 7 heteroatoms. The van der Waals surface area contributed by atoms with E-state index in [0.29, 0.717) is 30.3 Å². The molecule has 7 nitrogen and oxygen atoms in total. The highest BCUT2D eigenvalue weighted by atomic mass is 16.7. The van der Waals surface area contributed by atoms with Gasteiger partial charge in [0.15, 0.2) is 0 Å². The van der Waals surface area contributed by atoms with Gasteiger partial charge in [0.1, 0.15) is 5.75 Å². The summed E-state index contributed by atoms with van der Waals surface area (Å²) in [5.74, 6) is 0.797. The van der Waals surface area contributed by atoms with Gasteiger partial charge in [-0.25, -0.2) is 4.79 Å². The lowest BCUT2D eigenvalue weighted by Crippen LogP contribution is -2.46. The Kier molecular flexibility index (Phi) is 6.68. The number of rotatable bonds is 6. The molecule has 1 saturated heterocycles. The number of nitrogens with zero attached hydrogens (tertiary/aromatic N) is 1. The van der Waals surface area contributed by atoms with Gasteiger partial charge in [0.2, 0.25) is 5.91 Å². The van der Waals surface area contributed by atoms with Gasteiger partial charge in [-0.1, -0.05) is 6.08 Å². The molecule has 2 amide bonds. The van der Waals surface area contributed by atoms with Crippen molar-refractivity contribution < 1.29 is 23.9 Å². The molecule has 150 valence electrons. The summed E-state index contributed by atoms with van der Waals surface area (Å²) in [5, 5.41) is 3.01. The molecule has 1 aromatic carbocycles. The van der Waals surface area contributed by atoms with Crippen LogP contribution in [0.4, 0.5) is 4.79 Å². The number of likely N-dealkylation sites (tertiary alicyclic amines) is 1. The Bertz CT molecular complexity index is 732. The smallest absolute Gasteiger partial charge is 0.434 e. The third kappa shape index (κ3) is 5.84. The zero-order valence-corrected chi connectivity index (χ0v) is 16.1. The van der Waals surface area contributed by atoms with E-state index in [1.165, 1.54) is 12.8 Å². The summed E-state index contributed by atoms with van der Waals surface area (Å²) in [6.07, 6.45) is 6.77. The molecule has 1 N–H and O–H groups in total. The summed E-state index contributed by atoms with van der Waals surface area (Å²) in [6, 6.07) is 6.36. The standard InChI is InChI=1S/C21H26N2O5/c1-2-27-21(26)28-18-8-6-16(7-9-18)20(25)22-17-11-13-23(14-12-17)19(24)10-5-15-3-4-15/h5-10,15,17H,2-4,11-14H2,1H3,(H,22,25)/b10-5+. The van der Waals surface area contributed by atoms with Crippen molar-refractivity contribution in [1.82, 2.24) is 10.2 Å². The fourth-order valence-electron chi connectivity index (χ4n) is 3.04. The summed E-state index contributed by atoms with van der Waals surface area (Å²) in [4.78, 5) is 37.7. The van der Waals surface area contributed by atoms with Gasteiger partial charge in [-0.3, -0.25) is 9.59 Å². The fraction of sp³-hybridized carbons (Fsp3) is 0.476. The van der Waals surface area contributed by atoms with Crippen LogP contribution in [-0.2, 0) is 9.53 Å². The van der Waals surface area contributed by atoms with E-state index >= 15 is 0 Å². The average Bonchev–Trinajstić information content (AvgIpc) is 3.52. The van der Waals surface area contributed by atoms with Crippen LogP contribution in [0.5, 0.6) is 5.75 Å². The number of hydrogen-bond donors (Lipinski definition) is 1. The van der Waals surface area contributed by atoms with Crippen molar-refractivity contribution >= 4 is 18.0 Å². The second-order valence-electron chi connectivity index (χ2n) is 7.08. The monoisotopic (exact) mass is 386 g/mol. The first kappa shape index (κ1) is 19.9. The van der Waals surface area contributed by atoms with Crippen LogP contribution in [0.25, 0.3) is 0 Å². The summed E-state index contributed by atoms with van der Waals surface area (Å²) in [7, 11) is 0. The number of hydrogen-bond acceptors (Lipinski definition) is 5. The molecule has 0 spiro atoms. The first-order valence-corrected chi connectivity index (χ1v) is 9.77. The Morgan fingerprint density at radius 2 is 1.79 bits per heavy atom. The molecule has 0 bridgehead atoms. The molecule has 3 rings (SSSR count). The van der Waals surface area contributed by atoms with E-state index in [-0.39, 0.29) is 24.5 Å². The van der Waals surface area contributed by atoms with E-state index in [1.54, 1.807) is 37.3 Å². The Balaban J connectivity index is 1.43. The predicted octanol–water partition coefficient (Wildman–Crippen LogP) is 2.91. The number of benzene rings is 1. The zero-order valence-electron chi connectivity index (χ0n) is 16.1. The zero-order chi connectivity index (χ0) is 19.9. The molecule has 1 heterocycles. The first-order valence-electron chi connectivity index (χ1n) is 9.77. The number of carbonyl (C=O) groups is 3. The molecule has 1 aromatic rings. The number of nitrogens with one attached hydrogen (secondary N) is 1. The molecule has 1 saturated carbocycles. The number of piperidine rings is 1. The van der Waals surface area contributed by atoms with Gasteiger partial charge in [-0.2, -0.15) is 0 Å². The molecule has 1 aliphatic heterocycles. The normalized spacial score (nSPS) is 17.4. The van der Waals surface area contributed by atoms with Gasteiger partial charge in [-0.05, 0) is 68.9 Å². The molecule has 2 aliphatic rings. The molecule has 0 atom stereocenters. The van der Waals surface area contributed by atoms with Crippen molar-refractivity contribution in [3.8, 4) is 5.75 Å². The quantitative estimate of drug-likeness (QED) is 0.462. The van der Waals surface area contributed by atoms with Crippen LogP contribution >= 0.6 is 0 Å². The van der Waals surface area contributed by atoms with E-state index in [2.05, 4.69) is 5.32 Å². The molecular formula is C21H26N2O5. The van der Waals surface area contributed by atoms with Crippen molar-refractivity contribution in [2.75, 3.05) is 19.7 Å². The van der Waals surface area contributed by atoms with Crippen molar-refractivity contribution in [3.05, 3.63) is 42.0 Å². The lowest BCUT2D eigenvalue weighted by Gasteiger charge is -2.31. The molecule has 1 aliphatic carbocycles. The Morgan fingerprint density at radius 3 is 2.39 bits per heavy atom. The number of carbonyl (C=O) groups excluding carboxylic acids is 3. The average molecular weight is 386 g/mol. The maximum absolute atomic E-state index is 12.4. The summed E-state index contributed by atoms with van der Waals surface area (Å²) < 4.78 is 9.68. The molecule has 0 unspecified atom stereocenters. The lowest BCUT2D eigenvalue weighted by molar-refractivity contribution is -0.127. The molecule has 2 fully saturated rings. The van der Waals surface area contributed by atoms with Crippen molar-refractivity contribution in [3.63, 3.8) is 0 Å². The second kappa shape index (κ2) is 9.39. The highest BCUT2D eigenvalue weighted by Crippen LogP contribution is 2.30. The van der Waals surface area contributed by atoms with E-state index in [1.807, 2.05) is 11.0 Å². The van der Waals surface area contributed by atoms with E-state index < -0.39 is 6.16 Å². The van der Waals surface area contributed by atoms with Crippen LogP contribution in [0.3, 0.4) is 0 Å². The minimum absolute atomic E-state index is 0.0411. The predicted molar refractivity (Wildman–Crippen MR) is 103 cm³/mol. The van der Waals surface area contributed by atoms with E-state index in [4.69, 9.17) is 9.47 Å². The van der Waals surface area contributed by atoms with Gasteiger partial charge in [0.25, 0.3) is 5.91 Å². The molecule has 28 heavy (non-hydrogen) atoms. The van der Waals surface area contributed by atoms with Crippen molar-refractivity contribution in [2.45, 2.75) is 38.6 Å². The van der Waals surface area contributed by atoms with Crippen molar-refractivity contribution in [1.29, 1.82) is 0 Å². The topological polar surface area (TPSA) is 84.9 Å². The summed E-state index contributed by atoms with van der Waals surface area (Å²) in [5.41, 5.74) is 0.488. The van der Waals surface area contributed by atoms with Crippen LogP contribution in [-0.4, -0.2) is 48.6 Å². The van der Waals surface area contributed by atoms with E-state index in [9.17, 15) is 14.4 Å². The summed E-state index contributed by atoms with van der Waals surface area (Å²) in [6.45, 7) is 3.22. The molecule has 0 radical (unpaired) electrons. The minimum Gasteiger partial charge on any atom is -0.434 e. The highest BCUT2D eigenvalue weighted by Gasteiger charge is 2.24. The third-order valence-electron chi connectivity index (χ3n) is 4.85.